The predicted octanol–water partition coefficient (Wildman–Crippen LogP) is 1.60. The van der Waals surface area contributed by atoms with Gasteiger partial charge in [0, 0.05) is 13.1 Å². The first-order valence-corrected chi connectivity index (χ1v) is 5.45. The van der Waals surface area contributed by atoms with Crippen LogP contribution < -0.4 is 0 Å². The van der Waals surface area contributed by atoms with Gasteiger partial charge in [0.1, 0.15) is 5.92 Å². The Balaban J connectivity index is 4.40. The Morgan fingerprint density at radius 3 is 2.13 bits per heavy atom. The quantitative estimate of drug-likeness (QED) is 0.685. The molecule has 0 aliphatic heterocycles. The Kier molecular flexibility index (Phi) is 5.97. The summed E-state index contributed by atoms with van der Waals surface area (Å²) in [6.45, 7) is 8.63. The van der Waals surface area contributed by atoms with Crippen LogP contribution in [0.2, 0.25) is 0 Å². The second-order valence-electron chi connectivity index (χ2n) is 3.95. The maximum Gasteiger partial charge on any atom is 0.315 e. The van der Waals surface area contributed by atoms with E-state index < -0.39 is 11.9 Å². The van der Waals surface area contributed by atoms with Crippen LogP contribution in [0.4, 0.5) is 0 Å². The van der Waals surface area contributed by atoms with Crippen molar-refractivity contribution in [1.82, 2.24) is 4.90 Å². The molecule has 0 saturated carbocycles. The molecule has 4 heteroatoms. The van der Waals surface area contributed by atoms with E-state index in [-0.39, 0.29) is 5.91 Å². The van der Waals surface area contributed by atoms with Gasteiger partial charge in [-0.2, -0.15) is 0 Å². The van der Waals surface area contributed by atoms with Gasteiger partial charge in [-0.15, -0.1) is 0 Å². The summed E-state index contributed by atoms with van der Waals surface area (Å²) in [7, 11) is 0. The van der Waals surface area contributed by atoms with Gasteiger partial charge in [-0.3, -0.25) is 9.59 Å². The maximum absolute atomic E-state index is 11.7. The van der Waals surface area contributed by atoms with Crippen LogP contribution in [0.5, 0.6) is 0 Å². The fourth-order valence-corrected chi connectivity index (χ4v) is 1.26. The first-order chi connectivity index (χ1) is 6.93. The summed E-state index contributed by atoms with van der Waals surface area (Å²) in [4.78, 5) is 24.0. The SMILES string of the molecule is CCC(C)CN(CC)C(=O)C(C)C(=O)O. The molecule has 0 rings (SSSR count). The van der Waals surface area contributed by atoms with Crippen LogP contribution in [0.1, 0.15) is 34.1 Å². The molecule has 0 aliphatic rings. The third kappa shape index (κ3) is 4.32. The number of carbonyl (C=O) groups excluding carboxylic acids is 1. The van der Waals surface area contributed by atoms with Crippen molar-refractivity contribution in [2.75, 3.05) is 13.1 Å². The smallest absolute Gasteiger partial charge is 0.315 e. The lowest BCUT2D eigenvalue weighted by Crippen LogP contribution is -2.40. The fraction of sp³-hybridized carbons (Fsp3) is 0.818. The van der Waals surface area contributed by atoms with Crippen molar-refractivity contribution < 1.29 is 14.7 Å². The third-order valence-corrected chi connectivity index (χ3v) is 2.66. The minimum absolute atomic E-state index is 0.287. The van der Waals surface area contributed by atoms with Gasteiger partial charge in [0.25, 0.3) is 0 Å². The van der Waals surface area contributed by atoms with E-state index in [1.807, 2.05) is 6.92 Å². The van der Waals surface area contributed by atoms with E-state index in [9.17, 15) is 9.59 Å². The highest BCUT2D eigenvalue weighted by Crippen LogP contribution is 2.08. The minimum atomic E-state index is -1.05. The van der Waals surface area contributed by atoms with Gasteiger partial charge in [0.15, 0.2) is 0 Å². The first kappa shape index (κ1) is 13.9. The Morgan fingerprint density at radius 1 is 1.27 bits per heavy atom. The van der Waals surface area contributed by atoms with Gasteiger partial charge < -0.3 is 10.0 Å². The molecule has 1 amide bonds. The molecule has 2 atom stereocenters. The van der Waals surface area contributed by atoms with Crippen LogP contribution in [-0.2, 0) is 9.59 Å². The monoisotopic (exact) mass is 215 g/mol. The van der Waals surface area contributed by atoms with Gasteiger partial charge in [-0.25, -0.2) is 0 Å². The Labute approximate surface area is 91.3 Å². The second kappa shape index (κ2) is 6.43. The molecule has 0 aromatic rings. The zero-order valence-corrected chi connectivity index (χ0v) is 9.99. The van der Waals surface area contributed by atoms with Crippen LogP contribution in [0.3, 0.4) is 0 Å². The number of nitrogens with zero attached hydrogens (tertiary/aromatic N) is 1. The highest BCUT2D eigenvalue weighted by Gasteiger charge is 2.25. The summed E-state index contributed by atoms with van der Waals surface area (Å²) in [5, 5.41) is 8.74. The molecule has 2 unspecified atom stereocenters. The van der Waals surface area contributed by atoms with E-state index in [2.05, 4.69) is 13.8 Å². The molecule has 0 aliphatic carbocycles. The summed E-state index contributed by atoms with van der Waals surface area (Å²) >= 11 is 0. The highest BCUT2D eigenvalue weighted by molar-refractivity contribution is 5.96. The van der Waals surface area contributed by atoms with Crippen molar-refractivity contribution in [1.29, 1.82) is 0 Å². The molecular weight excluding hydrogens is 194 g/mol. The van der Waals surface area contributed by atoms with E-state index in [0.29, 0.717) is 19.0 Å². The average Bonchev–Trinajstić information content (AvgIpc) is 2.23. The normalized spacial score (nSPS) is 14.4. The first-order valence-electron chi connectivity index (χ1n) is 5.45. The van der Waals surface area contributed by atoms with Gasteiger partial charge in [-0.05, 0) is 19.8 Å². The number of rotatable bonds is 6. The number of aliphatic carboxylic acids is 1. The van der Waals surface area contributed by atoms with Crippen molar-refractivity contribution in [3.63, 3.8) is 0 Å². The molecule has 0 radical (unpaired) electrons. The van der Waals surface area contributed by atoms with Crippen LogP contribution in [-0.4, -0.2) is 35.0 Å². The molecule has 0 aromatic carbocycles. The minimum Gasteiger partial charge on any atom is -0.481 e. The summed E-state index contributed by atoms with van der Waals surface area (Å²) in [6, 6.07) is 0. The fourth-order valence-electron chi connectivity index (χ4n) is 1.26. The van der Waals surface area contributed by atoms with Gasteiger partial charge >= 0.3 is 5.97 Å². The molecule has 88 valence electrons. The molecule has 0 heterocycles. The second-order valence-corrected chi connectivity index (χ2v) is 3.95. The average molecular weight is 215 g/mol. The molecule has 4 nitrogen and oxygen atoms in total. The molecule has 1 N–H and O–H groups in total. The van der Waals surface area contributed by atoms with Crippen molar-refractivity contribution in [2.45, 2.75) is 34.1 Å². The van der Waals surface area contributed by atoms with Crippen molar-refractivity contribution >= 4 is 11.9 Å². The zero-order valence-electron chi connectivity index (χ0n) is 9.99. The zero-order chi connectivity index (χ0) is 12.0. The van der Waals surface area contributed by atoms with Crippen LogP contribution in [0.15, 0.2) is 0 Å². The lowest BCUT2D eigenvalue weighted by molar-refractivity contribution is -0.150. The summed E-state index contributed by atoms with van der Waals surface area (Å²) in [5.41, 5.74) is 0. The lowest BCUT2D eigenvalue weighted by Gasteiger charge is -2.25. The van der Waals surface area contributed by atoms with E-state index >= 15 is 0 Å². The van der Waals surface area contributed by atoms with Crippen LogP contribution >= 0.6 is 0 Å². The number of carboxylic acids is 1. The van der Waals surface area contributed by atoms with E-state index in [1.54, 1.807) is 4.90 Å². The van der Waals surface area contributed by atoms with Crippen molar-refractivity contribution in [3.8, 4) is 0 Å². The van der Waals surface area contributed by atoms with E-state index in [4.69, 9.17) is 5.11 Å². The molecular formula is C11H21NO3. The molecule has 0 aromatic heterocycles. The number of hydrogen-bond donors (Lipinski definition) is 1. The molecule has 0 fully saturated rings. The van der Waals surface area contributed by atoms with E-state index in [1.165, 1.54) is 6.92 Å². The summed E-state index contributed by atoms with van der Waals surface area (Å²) in [5.74, 6) is -1.86. The Hall–Kier alpha value is -1.06. The molecule has 0 spiro atoms. The van der Waals surface area contributed by atoms with Crippen LogP contribution in [0.25, 0.3) is 0 Å². The summed E-state index contributed by atoms with van der Waals surface area (Å²) in [6.07, 6.45) is 0.991. The summed E-state index contributed by atoms with van der Waals surface area (Å²) < 4.78 is 0. The molecule has 0 saturated heterocycles. The highest BCUT2D eigenvalue weighted by atomic mass is 16.4. The van der Waals surface area contributed by atoms with Gasteiger partial charge in [0.2, 0.25) is 5.91 Å². The topological polar surface area (TPSA) is 57.6 Å². The lowest BCUT2D eigenvalue weighted by atomic mass is 10.1. The largest absolute Gasteiger partial charge is 0.481 e. The predicted molar refractivity (Wildman–Crippen MR) is 58.5 cm³/mol. The van der Waals surface area contributed by atoms with Crippen molar-refractivity contribution in [3.05, 3.63) is 0 Å². The third-order valence-electron chi connectivity index (χ3n) is 2.66. The number of carbonyl (C=O) groups is 2. The van der Waals surface area contributed by atoms with Crippen LogP contribution in [0, 0.1) is 11.8 Å². The number of amides is 1. The molecule has 15 heavy (non-hydrogen) atoms. The van der Waals surface area contributed by atoms with Gasteiger partial charge in [0.05, 0.1) is 0 Å². The number of hydrogen-bond acceptors (Lipinski definition) is 2. The standard InChI is InChI=1S/C11H21NO3/c1-5-8(3)7-12(6-2)10(13)9(4)11(14)15/h8-9H,5-7H2,1-4H3,(H,14,15). The molecule has 0 bridgehead atoms. The van der Waals surface area contributed by atoms with Gasteiger partial charge in [-0.1, -0.05) is 20.3 Å². The van der Waals surface area contributed by atoms with E-state index in [0.717, 1.165) is 6.42 Å². The number of carboxylic acid groups (broad SMARTS) is 1. The maximum atomic E-state index is 11.7. The Bertz CT molecular complexity index is 228. The Morgan fingerprint density at radius 2 is 1.80 bits per heavy atom. The van der Waals surface area contributed by atoms with Crippen molar-refractivity contribution in [2.24, 2.45) is 11.8 Å².